The predicted octanol–water partition coefficient (Wildman–Crippen LogP) is 1.98. The Labute approximate surface area is 96.2 Å². The molecule has 0 unspecified atom stereocenters. The van der Waals surface area contributed by atoms with E-state index in [4.69, 9.17) is 10.2 Å². The molecule has 0 bridgehead atoms. The lowest BCUT2D eigenvalue weighted by Crippen LogP contribution is -2.26. The Balaban J connectivity index is 2.19. The molecule has 0 aliphatic carbocycles. The highest BCUT2D eigenvalue weighted by Gasteiger charge is 2.10. The van der Waals surface area contributed by atoms with Crippen LogP contribution in [0.25, 0.3) is 0 Å². The zero-order valence-electron chi connectivity index (χ0n) is 9.74. The molecule has 1 aromatic heterocycles. The highest BCUT2D eigenvalue weighted by atomic mass is 16.3. The summed E-state index contributed by atoms with van der Waals surface area (Å²) in [6.07, 6.45) is 5.07. The number of nitrogens with one attached hydrogen (secondary N) is 1. The molecule has 0 aliphatic rings. The zero-order valence-corrected chi connectivity index (χ0v) is 9.74. The maximum absolute atomic E-state index is 11.5. The molecule has 1 amide bonds. The van der Waals surface area contributed by atoms with Crippen LogP contribution in [0, 0.1) is 0 Å². The largest absolute Gasteiger partial charge is 0.467 e. The zero-order chi connectivity index (χ0) is 11.8. The van der Waals surface area contributed by atoms with Gasteiger partial charge in [-0.05, 0) is 38.4 Å². The molecule has 1 rings (SSSR count). The Morgan fingerprint density at radius 2 is 2.31 bits per heavy atom. The molecular weight excluding hydrogens is 204 g/mol. The van der Waals surface area contributed by atoms with E-state index >= 15 is 0 Å². The maximum atomic E-state index is 11.5. The minimum Gasteiger partial charge on any atom is -0.467 e. The second kappa shape index (κ2) is 7.06. The molecule has 1 atom stereocenters. The summed E-state index contributed by atoms with van der Waals surface area (Å²) >= 11 is 0. The fourth-order valence-electron chi connectivity index (χ4n) is 1.53. The van der Waals surface area contributed by atoms with Crippen LogP contribution in [0.2, 0.25) is 0 Å². The number of rotatable bonds is 7. The second-order valence-corrected chi connectivity index (χ2v) is 3.90. The van der Waals surface area contributed by atoms with Crippen LogP contribution < -0.4 is 11.1 Å². The first kappa shape index (κ1) is 12.8. The van der Waals surface area contributed by atoms with Crippen LogP contribution >= 0.6 is 0 Å². The Bertz CT molecular complexity index is 296. The number of nitrogens with two attached hydrogens (primary N) is 1. The van der Waals surface area contributed by atoms with Crippen molar-refractivity contribution in [1.29, 1.82) is 0 Å². The minimum atomic E-state index is -0.0583. The highest BCUT2D eigenvalue weighted by molar-refractivity contribution is 5.76. The molecule has 0 saturated heterocycles. The number of furan rings is 1. The summed E-state index contributed by atoms with van der Waals surface area (Å²) in [6, 6.07) is 3.62. The van der Waals surface area contributed by atoms with E-state index in [9.17, 15) is 4.79 Å². The number of carbonyl (C=O) groups excluding carboxylic acids is 1. The molecule has 16 heavy (non-hydrogen) atoms. The molecule has 0 spiro atoms. The van der Waals surface area contributed by atoms with Gasteiger partial charge in [0.1, 0.15) is 5.76 Å². The summed E-state index contributed by atoms with van der Waals surface area (Å²) < 4.78 is 5.21. The number of hydrogen-bond acceptors (Lipinski definition) is 3. The lowest BCUT2D eigenvalue weighted by atomic mass is 10.1. The van der Waals surface area contributed by atoms with E-state index in [0.717, 1.165) is 25.0 Å². The Morgan fingerprint density at radius 3 is 2.94 bits per heavy atom. The van der Waals surface area contributed by atoms with Gasteiger partial charge in [0, 0.05) is 6.42 Å². The van der Waals surface area contributed by atoms with Crippen LogP contribution in [-0.4, -0.2) is 12.5 Å². The van der Waals surface area contributed by atoms with Crippen molar-refractivity contribution in [2.24, 2.45) is 5.73 Å². The number of hydrogen-bond donors (Lipinski definition) is 2. The van der Waals surface area contributed by atoms with E-state index in [1.165, 1.54) is 0 Å². The fourth-order valence-corrected chi connectivity index (χ4v) is 1.53. The van der Waals surface area contributed by atoms with Gasteiger partial charge < -0.3 is 15.5 Å². The molecule has 0 saturated carbocycles. The van der Waals surface area contributed by atoms with E-state index in [1.807, 2.05) is 19.1 Å². The van der Waals surface area contributed by atoms with Crippen molar-refractivity contribution in [2.75, 3.05) is 6.54 Å². The van der Waals surface area contributed by atoms with Crippen LogP contribution in [-0.2, 0) is 4.79 Å². The molecule has 4 nitrogen and oxygen atoms in total. The Hall–Kier alpha value is -1.29. The second-order valence-electron chi connectivity index (χ2n) is 3.90. The van der Waals surface area contributed by atoms with Crippen LogP contribution in [0.3, 0.4) is 0 Å². The van der Waals surface area contributed by atoms with Gasteiger partial charge in [0.2, 0.25) is 5.91 Å². The first-order valence-corrected chi connectivity index (χ1v) is 5.77. The standard InChI is InChI=1S/C12H20N2O2/c1-10(11-6-5-9-16-11)14-12(15)7-3-2-4-8-13/h5-6,9-10H,2-4,7-8,13H2,1H3,(H,14,15)/t10-/m0/s1. The van der Waals surface area contributed by atoms with Crippen molar-refractivity contribution in [1.82, 2.24) is 5.32 Å². The van der Waals surface area contributed by atoms with E-state index in [0.29, 0.717) is 13.0 Å². The third-order valence-electron chi connectivity index (χ3n) is 2.46. The van der Waals surface area contributed by atoms with Gasteiger partial charge in [-0.25, -0.2) is 0 Å². The van der Waals surface area contributed by atoms with Gasteiger partial charge in [-0.2, -0.15) is 0 Å². The summed E-state index contributed by atoms with van der Waals surface area (Å²) in [5.74, 6) is 0.858. The van der Waals surface area contributed by atoms with Gasteiger partial charge in [-0.1, -0.05) is 6.42 Å². The summed E-state index contributed by atoms with van der Waals surface area (Å²) in [6.45, 7) is 2.61. The van der Waals surface area contributed by atoms with Crippen molar-refractivity contribution >= 4 is 5.91 Å². The van der Waals surface area contributed by atoms with Gasteiger partial charge in [0.25, 0.3) is 0 Å². The molecule has 0 fully saturated rings. The number of unbranched alkanes of at least 4 members (excludes halogenated alkanes) is 2. The van der Waals surface area contributed by atoms with Gasteiger partial charge in [-0.3, -0.25) is 4.79 Å². The van der Waals surface area contributed by atoms with Gasteiger partial charge >= 0.3 is 0 Å². The van der Waals surface area contributed by atoms with Crippen molar-refractivity contribution in [2.45, 2.75) is 38.6 Å². The average Bonchev–Trinajstić information content (AvgIpc) is 2.77. The smallest absolute Gasteiger partial charge is 0.220 e. The summed E-state index contributed by atoms with van der Waals surface area (Å²) in [4.78, 5) is 11.5. The molecule has 1 heterocycles. The normalized spacial score (nSPS) is 12.4. The van der Waals surface area contributed by atoms with Gasteiger partial charge in [0.05, 0.1) is 12.3 Å². The molecule has 3 N–H and O–H groups in total. The number of amides is 1. The predicted molar refractivity (Wildman–Crippen MR) is 62.8 cm³/mol. The number of carbonyl (C=O) groups is 1. The van der Waals surface area contributed by atoms with Gasteiger partial charge in [0.15, 0.2) is 0 Å². The topological polar surface area (TPSA) is 68.3 Å². The van der Waals surface area contributed by atoms with Crippen molar-refractivity contribution in [3.8, 4) is 0 Å². The lowest BCUT2D eigenvalue weighted by Gasteiger charge is -2.11. The SMILES string of the molecule is C[C@H](NC(=O)CCCCCN)c1ccco1. The van der Waals surface area contributed by atoms with Crippen LogP contribution in [0.15, 0.2) is 22.8 Å². The lowest BCUT2D eigenvalue weighted by molar-refractivity contribution is -0.122. The molecule has 0 radical (unpaired) electrons. The molecule has 4 heteroatoms. The molecule has 90 valence electrons. The highest BCUT2D eigenvalue weighted by Crippen LogP contribution is 2.12. The van der Waals surface area contributed by atoms with Crippen molar-refractivity contribution < 1.29 is 9.21 Å². The van der Waals surface area contributed by atoms with Gasteiger partial charge in [-0.15, -0.1) is 0 Å². The Morgan fingerprint density at radius 1 is 1.50 bits per heavy atom. The molecule has 0 aliphatic heterocycles. The monoisotopic (exact) mass is 224 g/mol. The fraction of sp³-hybridized carbons (Fsp3) is 0.583. The summed E-state index contributed by atoms with van der Waals surface area (Å²) in [5, 5.41) is 2.90. The van der Waals surface area contributed by atoms with Crippen LogP contribution in [0.1, 0.15) is 44.4 Å². The van der Waals surface area contributed by atoms with Crippen molar-refractivity contribution in [3.05, 3.63) is 24.2 Å². The molecule has 1 aromatic rings. The van der Waals surface area contributed by atoms with Crippen LogP contribution in [0.5, 0.6) is 0 Å². The first-order valence-electron chi connectivity index (χ1n) is 5.77. The summed E-state index contributed by atoms with van der Waals surface area (Å²) in [5.41, 5.74) is 5.38. The Kier molecular flexibility index (Phi) is 5.64. The average molecular weight is 224 g/mol. The molecular formula is C12H20N2O2. The summed E-state index contributed by atoms with van der Waals surface area (Å²) in [7, 11) is 0. The first-order chi connectivity index (χ1) is 7.74. The molecule has 0 aromatic carbocycles. The van der Waals surface area contributed by atoms with Crippen molar-refractivity contribution in [3.63, 3.8) is 0 Å². The minimum absolute atomic E-state index is 0.0583. The van der Waals surface area contributed by atoms with E-state index in [1.54, 1.807) is 6.26 Å². The van der Waals surface area contributed by atoms with E-state index < -0.39 is 0 Å². The van der Waals surface area contributed by atoms with E-state index in [2.05, 4.69) is 5.32 Å². The van der Waals surface area contributed by atoms with Crippen LogP contribution in [0.4, 0.5) is 0 Å². The quantitative estimate of drug-likeness (QED) is 0.696. The third kappa shape index (κ3) is 4.49. The van der Waals surface area contributed by atoms with E-state index in [-0.39, 0.29) is 11.9 Å². The third-order valence-corrected chi connectivity index (χ3v) is 2.46. The maximum Gasteiger partial charge on any atom is 0.220 e.